The Labute approximate surface area is 311 Å². The van der Waals surface area contributed by atoms with Gasteiger partial charge in [0.1, 0.15) is 12.1 Å². The number of fused-ring (bicyclic) bond motifs is 1. The fourth-order valence-corrected chi connectivity index (χ4v) is 10.4. The van der Waals surface area contributed by atoms with Crippen molar-refractivity contribution in [1.82, 2.24) is 26.2 Å². The van der Waals surface area contributed by atoms with Gasteiger partial charge in [-0.05, 0) is 73.6 Å². The molecule has 0 spiro atoms. The number of Topliss-reactive ketones (excluding diaryl/α,β-unsaturated/α-hetero) is 1. The summed E-state index contributed by atoms with van der Waals surface area (Å²) in [6.07, 6.45) is 15.1. The monoisotopic (exact) mass is 745 g/mol. The third-order valence-corrected chi connectivity index (χ3v) is 14.8. The van der Waals surface area contributed by atoms with Crippen LogP contribution in [-0.4, -0.2) is 83.1 Å². The Hall–Kier alpha value is -3.22. The van der Waals surface area contributed by atoms with E-state index >= 15 is 0 Å². The summed E-state index contributed by atoms with van der Waals surface area (Å²) in [4.78, 5) is 70.4. The molecule has 0 aromatic rings. The summed E-state index contributed by atoms with van der Waals surface area (Å²) >= 11 is 0. The van der Waals surface area contributed by atoms with E-state index in [1.807, 2.05) is 26.0 Å². The molecule has 2 heterocycles. The van der Waals surface area contributed by atoms with Gasteiger partial charge in [0.05, 0.1) is 21.6 Å². The molecule has 0 radical (unpaired) electrons. The van der Waals surface area contributed by atoms with E-state index in [1.165, 1.54) is 4.90 Å². The van der Waals surface area contributed by atoms with E-state index in [4.69, 9.17) is 0 Å². The van der Waals surface area contributed by atoms with Gasteiger partial charge in [-0.2, -0.15) is 0 Å². The van der Waals surface area contributed by atoms with Crippen molar-refractivity contribution in [3.8, 4) is 0 Å². The minimum absolute atomic E-state index is 0.280. The van der Waals surface area contributed by atoms with E-state index < -0.39 is 67.1 Å². The van der Waals surface area contributed by atoms with Crippen LogP contribution in [0.4, 0.5) is 4.79 Å². The molecule has 12 nitrogen and oxygen atoms in total. The molecular formula is C39H63N5O7S. The SMILES string of the molecule is CC(C)=C[C@H]1CCN2C(=O)[C@@H](NC(=O)NC3(C(C)(C)S(=O)(=O)C(C)C)CCCCC3)CCCCCCCCC[C@@H](C(=O)C(=O)NC3=CC3)NC(=O)[C@H]12. The average Bonchev–Trinajstić information content (AvgIpc) is 3.80. The quantitative estimate of drug-likeness (QED) is 0.187. The van der Waals surface area contributed by atoms with E-state index in [9.17, 15) is 32.4 Å². The molecule has 4 N–H and O–H groups in total. The van der Waals surface area contributed by atoms with E-state index in [2.05, 4.69) is 21.3 Å². The minimum atomic E-state index is -3.64. The molecule has 5 amide bonds. The van der Waals surface area contributed by atoms with Crippen molar-refractivity contribution in [1.29, 1.82) is 0 Å². The van der Waals surface area contributed by atoms with Gasteiger partial charge in [0.25, 0.3) is 5.91 Å². The molecule has 4 rings (SSSR count). The molecule has 292 valence electrons. The maximum absolute atomic E-state index is 14.6. The van der Waals surface area contributed by atoms with Crippen LogP contribution < -0.4 is 21.3 Å². The van der Waals surface area contributed by atoms with Crippen molar-refractivity contribution in [2.24, 2.45) is 5.92 Å². The molecule has 52 heavy (non-hydrogen) atoms. The molecule has 2 aliphatic heterocycles. The van der Waals surface area contributed by atoms with Gasteiger partial charge in [-0.25, -0.2) is 13.2 Å². The van der Waals surface area contributed by atoms with Crippen molar-refractivity contribution in [2.75, 3.05) is 6.54 Å². The van der Waals surface area contributed by atoms with Crippen LogP contribution in [0.15, 0.2) is 23.4 Å². The van der Waals surface area contributed by atoms with E-state index in [-0.39, 0.29) is 18.4 Å². The number of carbonyl (C=O) groups is 5. The fourth-order valence-electron chi connectivity index (χ4n) is 8.39. The summed E-state index contributed by atoms with van der Waals surface area (Å²) in [6.45, 7) is 10.9. The molecule has 0 unspecified atom stereocenters. The third-order valence-electron chi connectivity index (χ3n) is 11.7. The highest BCUT2D eigenvalue weighted by Gasteiger charge is 2.55. The number of carbonyl (C=O) groups excluding carboxylic acids is 5. The number of rotatable bonds is 9. The largest absolute Gasteiger partial charge is 0.344 e. The highest BCUT2D eigenvalue weighted by atomic mass is 32.2. The molecule has 2 saturated heterocycles. The highest BCUT2D eigenvalue weighted by Crippen LogP contribution is 2.43. The van der Waals surface area contributed by atoms with Crippen molar-refractivity contribution in [3.05, 3.63) is 23.4 Å². The van der Waals surface area contributed by atoms with Crippen LogP contribution in [-0.2, 0) is 29.0 Å². The lowest BCUT2D eigenvalue weighted by atomic mass is 9.73. The summed E-state index contributed by atoms with van der Waals surface area (Å²) in [6, 6.07) is -3.51. The second-order valence-corrected chi connectivity index (χ2v) is 19.5. The van der Waals surface area contributed by atoms with Crippen LogP contribution >= 0.6 is 0 Å². The van der Waals surface area contributed by atoms with Gasteiger partial charge >= 0.3 is 6.03 Å². The lowest BCUT2D eigenvalue weighted by molar-refractivity contribution is -0.143. The van der Waals surface area contributed by atoms with Gasteiger partial charge in [0.15, 0.2) is 9.84 Å². The first-order chi connectivity index (χ1) is 24.5. The van der Waals surface area contributed by atoms with Crippen molar-refractivity contribution < 1.29 is 32.4 Å². The normalized spacial score (nSPS) is 26.4. The fraction of sp³-hybridized carbons (Fsp3) is 0.769. The zero-order valence-electron chi connectivity index (χ0n) is 32.3. The van der Waals surface area contributed by atoms with Crippen molar-refractivity contribution >= 4 is 39.4 Å². The van der Waals surface area contributed by atoms with Crippen LogP contribution in [0.5, 0.6) is 0 Å². The van der Waals surface area contributed by atoms with Crippen molar-refractivity contribution in [3.63, 3.8) is 0 Å². The third kappa shape index (κ3) is 9.85. The number of urea groups is 1. The number of ketones is 1. The molecular weight excluding hydrogens is 683 g/mol. The van der Waals surface area contributed by atoms with Gasteiger partial charge in [-0.3, -0.25) is 19.2 Å². The van der Waals surface area contributed by atoms with E-state index in [0.717, 1.165) is 56.9 Å². The maximum atomic E-state index is 14.6. The Morgan fingerprint density at radius 3 is 2.08 bits per heavy atom. The average molecular weight is 746 g/mol. The Morgan fingerprint density at radius 2 is 1.50 bits per heavy atom. The number of hydrogen-bond donors (Lipinski definition) is 4. The molecule has 4 atom stereocenters. The number of sulfone groups is 1. The summed E-state index contributed by atoms with van der Waals surface area (Å²) < 4.78 is 26.1. The summed E-state index contributed by atoms with van der Waals surface area (Å²) in [5.41, 5.74) is 0.653. The van der Waals surface area contributed by atoms with Gasteiger partial charge in [-0.15, -0.1) is 0 Å². The smallest absolute Gasteiger partial charge is 0.315 e. The lowest BCUT2D eigenvalue weighted by Gasteiger charge is -2.49. The summed E-state index contributed by atoms with van der Waals surface area (Å²) in [5.74, 6) is -2.66. The lowest BCUT2D eigenvalue weighted by Crippen LogP contribution is -2.68. The first-order valence-electron chi connectivity index (χ1n) is 19.6. The van der Waals surface area contributed by atoms with Gasteiger partial charge in [-0.1, -0.05) is 81.9 Å². The number of nitrogens with zero attached hydrogens (tertiary/aromatic N) is 1. The summed E-state index contributed by atoms with van der Waals surface area (Å²) in [7, 11) is -3.64. The molecule has 4 aliphatic rings. The van der Waals surface area contributed by atoms with Crippen LogP contribution in [0.25, 0.3) is 0 Å². The molecule has 0 bridgehead atoms. The minimum Gasteiger partial charge on any atom is -0.344 e. The van der Waals surface area contributed by atoms with Crippen LogP contribution in [0.1, 0.15) is 144 Å². The number of hydrogen-bond acceptors (Lipinski definition) is 7. The predicted molar refractivity (Wildman–Crippen MR) is 202 cm³/mol. The Bertz CT molecular complexity index is 1510. The maximum Gasteiger partial charge on any atom is 0.315 e. The van der Waals surface area contributed by atoms with Crippen molar-refractivity contribution in [2.45, 2.75) is 178 Å². The standard InChI is InChI=1S/C39H63N5O7S/c1-26(2)25-28-21-24-44-32(28)34(46)41-30(33(45)35(47)40-29-19-20-29)17-13-10-8-7-9-11-14-18-31(36(44)48)42-37(49)43-39(22-15-12-16-23-39)38(5,6)52(50,51)27(3)4/h19,25,27-28,30-32H,7-18,20-24H2,1-6H3,(H,40,47)(H,41,46)(H2,42,43,49)/t28-,30+,31+,32+/m1/s1. The Balaban J connectivity index is 1.63. The topological polar surface area (TPSA) is 171 Å². The van der Waals surface area contributed by atoms with E-state index in [0.29, 0.717) is 57.1 Å². The first kappa shape index (κ1) is 41.5. The van der Waals surface area contributed by atoms with Crippen LogP contribution in [0.2, 0.25) is 0 Å². The molecule has 1 saturated carbocycles. The molecule has 13 heteroatoms. The van der Waals surface area contributed by atoms with E-state index in [1.54, 1.807) is 27.7 Å². The summed E-state index contributed by atoms with van der Waals surface area (Å²) in [5, 5.41) is 10.9. The van der Waals surface area contributed by atoms with Gasteiger partial charge in [0.2, 0.25) is 17.6 Å². The predicted octanol–water partition coefficient (Wildman–Crippen LogP) is 5.12. The molecule has 2 aliphatic carbocycles. The molecule has 3 fully saturated rings. The zero-order valence-corrected chi connectivity index (χ0v) is 33.1. The number of amides is 5. The zero-order chi connectivity index (χ0) is 38.3. The highest BCUT2D eigenvalue weighted by molar-refractivity contribution is 7.93. The molecule has 0 aromatic heterocycles. The van der Waals surface area contributed by atoms with Crippen LogP contribution in [0, 0.1) is 5.92 Å². The Kier molecular flexibility index (Phi) is 14.2. The van der Waals surface area contributed by atoms with Gasteiger partial charge in [0, 0.05) is 24.6 Å². The van der Waals surface area contributed by atoms with Gasteiger partial charge < -0.3 is 26.2 Å². The molecule has 0 aromatic carbocycles. The Morgan fingerprint density at radius 1 is 0.923 bits per heavy atom. The van der Waals surface area contributed by atoms with Crippen LogP contribution in [0.3, 0.4) is 0 Å². The first-order valence-corrected chi connectivity index (χ1v) is 21.2. The number of nitrogens with one attached hydrogen (secondary N) is 4. The second-order valence-electron chi connectivity index (χ2n) is 16.4. The second kappa shape index (κ2) is 17.7. The number of allylic oxidation sites excluding steroid dienone is 3.